The molecule has 1 aliphatic heterocycles. The number of rotatable bonds is 7. The molecule has 1 saturated carbocycles. The molecule has 1 amide bonds. The first kappa shape index (κ1) is 22.2. The molecule has 1 aliphatic carbocycles. The number of amides is 1. The maximum Gasteiger partial charge on any atom is 0.236 e. The number of carbonyl (C=O) groups excluding carboxylic acids is 1. The zero-order valence-corrected chi connectivity index (χ0v) is 19.3. The van der Waals surface area contributed by atoms with Crippen molar-refractivity contribution in [3.8, 4) is 0 Å². The lowest BCUT2D eigenvalue weighted by Gasteiger charge is -2.31. The van der Waals surface area contributed by atoms with Gasteiger partial charge in [-0.1, -0.05) is 49.2 Å². The monoisotopic (exact) mass is 458 g/mol. The summed E-state index contributed by atoms with van der Waals surface area (Å²) in [5.74, 6) is 0.446. The molecule has 2 aliphatic rings. The van der Waals surface area contributed by atoms with Gasteiger partial charge in [-0.2, -0.15) is 4.31 Å². The first-order valence-electron chi connectivity index (χ1n) is 11.1. The highest BCUT2D eigenvalue weighted by molar-refractivity contribution is 7.92. The summed E-state index contributed by atoms with van der Waals surface area (Å²) in [7, 11) is -3.48. The van der Waals surface area contributed by atoms with E-state index < -0.39 is 10.0 Å². The molecule has 4 rings (SSSR count). The van der Waals surface area contributed by atoms with Crippen molar-refractivity contribution >= 4 is 33.3 Å². The first-order chi connectivity index (χ1) is 15.0. The van der Waals surface area contributed by atoms with Crippen molar-refractivity contribution in [2.24, 2.45) is 11.8 Å². The molecule has 5 nitrogen and oxygen atoms in total. The van der Waals surface area contributed by atoms with Crippen LogP contribution in [0.1, 0.15) is 55.0 Å². The smallest absolute Gasteiger partial charge is 0.236 e. The Balaban J connectivity index is 1.34. The zero-order chi connectivity index (χ0) is 21.7. The molecule has 0 radical (unpaired) electrons. The number of benzene rings is 1. The van der Waals surface area contributed by atoms with Crippen molar-refractivity contribution < 1.29 is 13.2 Å². The Morgan fingerprint density at radius 3 is 2.39 bits per heavy atom. The molecule has 2 aromatic rings. The number of hydrogen-bond donors (Lipinski definition) is 1. The number of sulfonamides is 1. The maximum absolute atomic E-state index is 13.0. The van der Waals surface area contributed by atoms with E-state index in [1.807, 2.05) is 36.4 Å². The number of nitrogens with zero attached hydrogens (tertiary/aromatic N) is 1. The molecule has 166 valence electrons. The second kappa shape index (κ2) is 10.1. The van der Waals surface area contributed by atoms with Crippen LogP contribution in [0.5, 0.6) is 0 Å². The van der Waals surface area contributed by atoms with Gasteiger partial charge in [-0.15, -0.1) is 11.3 Å². The van der Waals surface area contributed by atoms with Crippen LogP contribution in [0, 0.1) is 11.8 Å². The molecule has 0 bridgehead atoms. The SMILES string of the molecule is O=C(NC(c1cccs1)C1CCCC1)C1CCN(S(=O)(=O)/C=C/c2ccccc2)CC1. The van der Waals surface area contributed by atoms with Gasteiger partial charge in [0.2, 0.25) is 15.9 Å². The fraction of sp³-hybridized carbons (Fsp3) is 0.458. The number of piperidine rings is 1. The molecular weight excluding hydrogens is 428 g/mol. The van der Waals surface area contributed by atoms with Gasteiger partial charge in [0.05, 0.1) is 6.04 Å². The Morgan fingerprint density at radius 1 is 1.03 bits per heavy atom. The summed E-state index contributed by atoms with van der Waals surface area (Å²) in [6, 6.07) is 13.6. The highest BCUT2D eigenvalue weighted by Crippen LogP contribution is 2.37. The van der Waals surface area contributed by atoms with E-state index >= 15 is 0 Å². The third-order valence-corrected chi connectivity index (χ3v) is 8.96. The van der Waals surface area contributed by atoms with Gasteiger partial charge in [0, 0.05) is 29.3 Å². The third-order valence-electron chi connectivity index (χ3n) is 6.44. The first-order valence-corrected chi connectivity index (χ1v) is 13.5. The Labute approximate surface area is 189 Å². The Hall–Kier alpha value is -1.96. The number of hydrogen-bond acceptors (Lipinski definition) is 4. The van der Waals surface area contributed by atoms with Gasteiger partial charge >= 0.3 is 0 Å². The Morgan fingerprint density at radius 2 is 1.74 bits per heavy atom. The maximum atomic E-state index is 13.0. The molecule has 1 aromatic heterocycles. The van der Waals surface area contributed by atoms with Gasteiger partial charge in [-0.05, 0) is 54.7 Å². The molecule has 1 atom stereocenters. The van der Waals surface area contributed by atoms with Crippen molar-refractivity contribution in [2.45, 2.75) is 44.6 Å². The fourth-order valence-electron chi connectivity index (χ4n) is 4.64. The molecule has 2 heterocycles. The van der Waals surface area contributed by atoms with Crippen LogP contribution >= 0.6 is 11.3 Å². The average Bonchev–Trinajstić information content (AvgIpc) is 3.51. The van der Waals surface area contributed by atoms with E-state index in [1.54, 1.807) is 17.4 Å². The minimum Gasteiger partial charge on any atom is -0.348 e. The lowest BCUT2D eigenvalue weighted by atomic mass is 9.93. The van der Waals surface area contributed by atoms with Crippen LogP contribution in [0.4, 0.5) is 0 Å². The Bertz CT molecular complexity index is 973. The van der Waals surface area contributed by atoms with Crippen LogP contribution in [0.3, 0.4) is 0 Å². The quantitative estimate of drug-likeness (QED) is 0.648. The van der Waals surface area contributed by atoms with E-state index in [4.69, 9.17) is 0 Å². The van der Waals surface area contributed by atoms with Crippen LogP contribution in [-0.4, -0.2) is 31.7 Å². The van der Waals surface area contributed by atoms with Crippen LogP contribution in [0.2, 0.25) is 0 Å². The van der Waals surface area contributed by atoms with Gasteiger partial charge in [-0.3, -0.25) is 4.79 Å². The van der Waals surface area contributed by atoms with E-state index in [-0.39, 0.29) is 17.9 Å². The molecule has 2 fully saturated rings. The van der Waals surface area contributed by atoms with Crippen LogP contribution < -0.4 is 5.32 Å². The number of thiophene rings is 1. The summed E-state index contributed by atoms with van der Waals surface area (Å²) in [4.78, 5) is 14.3. The van der Waals surface area contributed by atoms with Crippen molar-refractivity contribution in [1.29, 1.82) is 0 Å². The standard InChI is InChI=1S/C24H30N2O3S2/c27-24(25-23(20-9-4-5-10-20)22-11-6-17-30-22)21-12-15-26(16-13-21)31(28,29)18-14-19-7-2-1-3-8-19/h1-3,6-8,11,14,17-18,20-21,23H,4-5,9-10,12-13,15-16H2,(H,25,27)/b18-14+. The van der Waals surface area contributed by atoms with E-state index in [1.165, 1.54) is 27.4 Å². The summed E-state index contributed by atoms with van der Waals surface area (Å²) in [6.45, 7) is 0.763. The van der Waals surface area contributed by atoms with Crippen LogP contribution in [0.15, 0.2) is 53.3 Å². The summed E-state index contributed by atoms with van der Waals surface area (Å²) in [5, 5.41) is 6.66. The minimum absolute atomic E-state index is 0.0715. The van der Waals surface area contributed by atoms with Gasteiger partial charge in [0.1, 0.15) is 0 Å². The van der Waals surface area contributed by atoms with Gasteiger partial charge in [0.15, 0.2) is 0 Å². The van der Waals surface area contributed by atoms with E-state index in [0.29, 0.717) is 31.8 Å². The highest BCUT2D eigenvalue weighted by Gasteiger charge is 2.33. The molecule has 0 spiro atoms. The molecule has 31 heavy (non-hydrogen) atoms. The highest BCUT2D eigenvalue weighted by atomic mass is 32.2. The normalized spacial score (nSPS) is 20.3. The summed E-state index contributed by atoms with van der Waals surface area (Å²) in [6.07, 6.45) is 7.53. The van der Waals surface area contributed by atoms with Crippen molar-refractivity contribution in [3.63, 3.8) is 0 Å². The summed E-state index contributed by atoms with van der Waals surface area (Å²) >= 11 is 1.70. The van der Waals surface area contributed by atoms with Crippen molar-refractivity contribution in [3.05, 3.63) is 63.7 Å². The largest absolute Gasteiger partial charge is 0.348 e. The summed E-state index contributed by atoms with van der Waals surface area (Å²) < 4.78 is 26.9. The van der Waals surface area contributed by atoms with E-state index in [9.17, 15) is 13.2 Å². The fourth-order valence-corrected chi connectivity index (χ4v) is 6.73. The van der Waals surface area contributed by atoms with Crippen LogP contribution in [0.25, 0.3) is 6.08 Å². The predicted molar refractivity (Wildman–Crippen MR) is 126 cm³/mol. The third kappa shape index (κ3) is 5.64. The lowest BCUT2D eigenvalue weighted by Crippen LogP contribution is -2.43. The Kier molecular flexibility index (Phi) is 7.25. The topological polar surface area (TPSA) is 66.5 Å². The number of nitrogens with one attached hydrogen (secondary N) is 1. The average molecular weight is 459 g/mol. The van der Waals surface area contributed by atoms with Crippen molar-refractivity contribution in [1.82, 2.24) is 9.62 Å². The van der Waals surface area contributed by atoms with Gasteiger partial charge < -0.3 is 5.32 Å². The number of carbonyl (C=O) groups is 1. The molecule has 1 aromatic carbocycles. The molecular formula is C24H30N2O3S2. The van der Waals surface area contributed by atoms with E-state index in [0.717, 1.165) is 18.4 Å². The van der Waals surface area contributed by atoms with Crippen LogP contribution in [-0.2, 0) is 14.8 Å². The predicted octanol–water partition coefficient (Wildman–Crippen LogP) is 4.81. The van der Waals surface area contributed by atoms with Gasteiger partial charge in [0.25, 0.3) is 0 Å². The summed E-state index contributed by atoms with van der Waals surface area (Å²) in [5.41, 5.74) is 0.854. The lowest BCUT2D eigenvalue weighted by molar-refractivity contribution is -0.127. The minimum atomic E-state index is -3.48. The second-order valence-electron chi connectivity index (χ2n) is 8.48. The molecule has 1 saturated heterocycles. The zero-order valence-electron chi connectivity index (χ0n) is 17.7. The van der Waals surface area contributed by atoms with Gasteiger partial charge in [-0.25, -0.2) is 8.42 Å². The van der Waals surface area contributed by atoms with Crippen molar-refractivity contribution in [2.75, 3.05) is 13.1 Å². The molecule has 1 unspecified atom stereocenters. The second-order valence-corrected chi connectivity index (χ2v) is 11.3. The van der Waals surface area contributed by atoms with E-state index in [2.05, 4.69) is 16.8 Å². The molecule has 1 N–H and O–H groups in total. The molecule has 7 heteroatoms.